The van der Waals surface area contributed by atoms with E-state index in [1.807, 2.05) is 0 Å². The fourth-order valence-corrected chi connectivity index (χ4v) is 2.70. The number of hydrogen-bond donors (Lipinski definition) is 0. The van der Waals surface area contributed by atoms with E-state index in [4.69, 9.17) is 0 Å². The van der Waals surface area contributed by atoms with Crippen LogP contribution in [-0.2, 0) is 12.4 Å². The topological polar surface area (TPSA) is 61.4 Å². The normalized spacial score (nSPS) is 12.3. The molecule has 30 heavy (non-hydrogen) atoms. The summed E-state index contributed by atoms with van der Waals surface area (Å²) in [4.78, 5) is 3.98. The van der Waals surface area contributed by atoms with Crippen molar-refractivity contribution < 1.29 is 26.3 Å². The number of benzene rings is 1. The standard InChI is InChI=1S/C18H10F6N6/c19-17(20,21)15-8-16(18(22,23)24)30(27-15)13-5-3-12(4-6-13)29-10-14(26-28-29)11-2-1-7-25-9-11/h1-10H. The van der Waals surface area contributed by atoms with Crippen LogP contribution in [0.15, 0.2) is 61.1 Å². The molecule has 0 saturated heterocycles. The lowest BCUT2D eigenvalue weighted by molar-refractivity contribution is -0.143. The quantitative estimate of drug-likeness (QED) is 0.453. The minimum atomic E-state index is -5.01. The molecule has 3 aromatic heterocycles. The van der Waals surface area contributed by atoms with Crippen LogP contribution >= 0.6 is 0 Å². The lowest BCUT2D eigenvalue weighted by Crippen LogP contribution is -2.13. The summed E-state index contributed by atoms with van der Waals surface area (Å²) in [7, 11) is 0. The van der Waals surface area contributed by atoms with Crippen LogP contribution in [0.1, 0.15) is 11.4 Å². The second-order valence-electron chi connectivity index (χ2n) is 6.13. The Morgan fingerprint density at radius 3 is 2.13 bits per heavy atom. The summed E-state index contributed by atoms with van der Waals surface area (Å²) in [6.45, 7) is 0. The van der Waals surface area contributed by atoms with E-state index < -0.39 is 23.7 Å². The van der Waals surface area contributed by atoms with Crippen LogP contribution in [0, 0.1) is 0 Å². The van der Waals surface area contributed by atoms with E-state index in [2.05, 4.69) is 20.4 Å². The van der Waals surface area contributed by atoms with Gasteiger partial charge in [-0.15, -0.1) is 5.10 Å². The van der Waals surface area contributed by atoms with Gasteiger partial charge in [0.05, 0.1) is 17.6 Å². The van der Waals surface area contributed by atoms with Crippen molar-refractivity contribution in [3.63, 3.8) is 0 Å². The monoisotopic (exact) mass is 424 g/mol. The van der Waals surface area contributed by atoms with Crippen molar-refractivity contribution in [1.82, 2.24) is 29.8 Å². The van der Waals surface area contributed by atoms with E-state index in [1.54, 1.807) is 30.7 Å². The molecule has 6 nitrogen and oxygen atoms in total. The molecule has 0 spiro atoms. The van der Waals surface area contributed by atoms with Gasteiger partial charge in [0.1, 0.15) is 11.4 Å². The molecule has 0 saturated carbocycles. The lowest BCUT2D eigenvalue weighted by atomic mass is 10.2. The zero-order valence-electron chi connectivity index (χ0n) is 14.7. The summed E-state index contributed by atoms with van der Waals surface area (Å²) >= 11 is 0. The molecule has 3 heterocycles. The average molecular weight is 424 g/mol. The second kappa shape index (κ2) is 6.97. The molecule has 0 fully saturated rings. The fourth-order valence-electron chi connectivity index (χ4n) is 2.70. The van der Waals surface area contributed by atoms with E-state index >= 15 is 0 Å². The molecule has 4 aromatic rings. The highest BCUT2D eigenvalue weighted by Gasteiger charge is 2.42. The highest BCUT2D eigenvalue weighted by Crippen LogP contribution is 2.36. The van der Waals surface area contributed by atoms with Crippen molar-refractivity contribution in [3.05, 3.63) is 72.4 Å². The molecule has 0 aliphatic rings. The Kier molecular flexibility index (Phi) is 4.56. The number of pyridine rings is 1. The van der Waals surface area contributed by atoms with Gasteiger partial charge in [0.2, 0.25) is 0 Å². The first-order valence-corrected chi connectivity index (χ1v) is 8.31. The molecular weight excluding hydrogens is 414 g/mol. The summed E-state index contributed by atoms with van der Waals surface area (Å²) in [5.41, 5.74) is -1.66. The minimum Gasteiger partial charge on any atom is -0.264 e. The molecule has 154 valence electrons. The van der Waals surface area contributed by atoms with Crippen LogP contribution in [0.3, 0.4) is 0 Å². The van der Waals surface area contributed by atoms with Gasteiger partial charge in [0.25, 0.3) is 0 Å². The Labute approximate surface area is 164 Å². The van der Waals surface area contributed by atoms with Gasteiger partial charge < -0.3 is 0 Å². The highest BCUT2D eigenvalue weighted by molar-refractivity contribution is 5.56. The maximum Gasteiger partial charge on any atom is 0.435 e. The minimum absolute atomic E-state index is 0.0223. The Hall–Kier alpha value is -3.70. The van der Waals surface area contributed by atoms with Crippen molar-refractivity contribution in [2.24, 2.45) is 0 Å². The third kappa shape index (κ3) is 3.75. The molecule has 12 heteroatoms. The first-order chi connectivity index (χ1) is 14.1. The van der Waals surface area contributed by atoms with E-state index in [1.165, 1.54) is 28.9 Å². The van der Waals surface area contributed by atoms with Gasteiger partial charge in [-0.05, 0) is 36.4 Å². The number of rotatable bonds is 3. The number of aromatic nitrogens is 6. The third-order valence-electron chi connectivity index (χ3n) is 4.10. The molecule has 0 N–H and O–H groups in total. The molecule has 0 radical (unpaired) electrons. The van der Waals surface area contributed by atoms with Gasteiger partial charge in [0, 0.05) is 24.0 Å². The van der Waals surface area contributed by atoms with Gasteiger partial charge in [0.15, 0.2) is 5.69 Å². The van der Waals surface area contributed by atoms with E-state index in [9.17, 15) is 26.3 Å². The third-order valence-corrected chi connectivity index (χ3v) is 4.10. The van der Waals surface area contributed by atoms with Gasteiger partial charge in [-0.2, -0.15) is 31.4 Å². The summed E-state index contributed by atoms with van der Waals surface area (Å²) in [5.74, 6) is 0. The molecule has 0 atom stereocenters. The summed E-state index contributed by atoms with van der Waals surface area (Å²) < 4.78 is 79.7. The Morgan fingerprint density at radius 1 is 0.833 bits per heavy atom. The molecular formula is C18H10F6N6. The fraction of sp³-hybridized carbons (Fsp3) is 0.111. The van der Waals surface area contributed by atoms with Crippen LogP contribution in [-0.4, -0.2) is 29.8 Å². The van der Waals surface area contributed by atoms with Crippen molar-refractivity contribution >= 4 is 0 Å². The number of alkyl halides is 6. The number of hydrogen-bond acceptors (Lipinski definition) is 4. The Balaban J connectivity index is 1.68. The zero-order chi connectivity index (χ0) is 21.5. The SMILES string of the molecule is FC(F)(F)c1cc(C(F)(F)F)n(-c2ccc(-n3cc(-c4cccnc4)nn3)cc2)n1. The highest BCUT2D eigenvalue weighted by atomic mass is 19.4. The predicted molar refractivity (Wildman–Crippen MR) is 91.7 cm³/mol. The summed E-state index contributed by atoms with van der Waals surface area (Å²) in [6.07, 6.45) is -5.25. The van der Waals surface area contributed by atoms with Crippen LogP contribution in [0.5, 0.6) is 0 Å². The molecule has 4 rings (SSSR count). The zero-order valence-corrected chi connectivity index (χ0v) is 14.7. The summed E-state index contributed by atoms with van der Waals surface area (Å²) in [5, 5.41) is 11.0. The van der Waals surface area contributed by atoms with Crippen LogP contribution < -0.4 is 0 Å². The van der Waals surface area contributed by atoms with Crippen LogP contribution in [0.25, 0.3) is 22.6 Å². The Morgan fingerprint density at radius 2 is 1.53 bits per heavy atom. The second-order valence-corrected chi connectivity index (χ2v) is 6.13. The molecule has 0 unspecified atom stereocenters. The summed E-state index contributed by atoms with van der Waals surface area (Å²) in [6, 6.07) is 8.69. The van der Waals surface area contributed by atoms with Crippen molar-refractivity contribution in [3.8, 4) is 22.6 Å². The van der Waals surface area contributed by atoms with Gasteiger partial charge >= 0.3 is 12.4 Å². The van der Waals surface area contributed by atoms with E-state index in [0.717, 1.165) is 0 Å². The molecule has 0 aliphatic heterocycles. The first kappa shape index (κ1) is 19.6. The van der Waals surface area contributed by atoms with Gasteiger partial charge in [-0.1, -0.05) is 5.21 Å². The maximum atomic E-state index is 13.2. The maximum absolute atomic E-state index is 13.2. The predicted octanol–water partition coefficient (Wildman–Crippen LogP) is 4.55. The number of halogens is 6. The molecule has 0 amide bonds. The molecule has 1 aromatic carbocycles. The molecule has 0 bridgehead atoms. The smallest absolute Gasteiger partial charge is 0.264 e. The largest absolute Gasteiger partial charge is 0.435 e. The van der Waals surface area contributed by atoms with Crippen molar-refractivity contribution in [1.29, 1.82) is 0 Å². The molecule has 0 aliphatic carbocycles. The van der Waals surface area contributed by atoms with Crippen LogP contribution in [0.2, 0.25) is 0 Å². The lowest BCUT2D eigenvalue weighted by Gasteiger charge is -2.10. The average Bonchev–Trinajstić information content (AvgIpc) is 3.36. The van der Waals surface area contributed by atoms with E-state index in [-0.39, 0.29) is 16.4 Å². The first-order valence-electron chi connectivity index (χ1n) is 8.31. The van der Waals surface area contributed by atoms with Crippen LogP contribution in [0.4, 0.5) is 26.3 Å². The van der Waals surface area contributed by atoms with Gasteiger partial charge in [-0.3, -0.25) is 4.98 Å². The van der Waals surface area contributed by atoms with E-state index in [0.29, 0.717) is 16.9 Å². The van der Waals surface area contributed by atoms with Crippen molar-refractivity contribution in [2.75, 3.05) is 0 Å². The Bertz CT molecular complexity index is 1160. The van der Waals surface area contributed by atoms with Gasteiger partial charge in [-0.25, -0.2) is 9.36 Å². The number of nitrogens with zero attached hydrogens (tertiary/aromatic N) is 6. The van der Waals surface area contributed by atoms with Crippen molar-refractivity contribution in [2.45, 2.75) is 12.4 Å².